The van der Waals surface area contributed by atoms with Crippen LogP contribution in [-0.4, -0.2) is 22.9 Å². The monoisotopic (exact) mass is 465 g/mol. The van der Waals surface area contributed by atoms with Gasteiger partial charge in [0.1, 0.15) is 11.5 Å². The van der Waals surface area contributed by atoms with Crippen LogP contribution in [0.2, 0.25) is 0 Å². The van der Waals surface area contributed by atoms with Gasteiger partial charge in [0.25, 0.3) is 5.69 Å². The lowest BCUT2D eigenvalue weighted by Crippen LogP contribution is -2.08. The number of ketones is 1. The van der Waals surface area contributed by atoms with Crippen LogP contribution in [0.3, 0.4) is 0 Å². The second-order valence-electron chi connectivity index (χ2n) is 7.92. The number of hydrogen-bond donors (Lipinski definition) is 1. The Kier molecular flexibility index (Phi) is 7.02. The number of carbonyl (C=O) groups excluding carboxylic acids is 1. The SMILES string of the molecule is COc1cc(O)c(C(=O)/C=C/c2cccc([N+](=O)[O-])c2)cc1C(c1ccccc1)c1ccccc1. The number of ether oxygens (including phenoxy) is 1. The third-order valence-corrected chi connectivity index (χ3v) is 5.70. The van der Waals surface area contributed by atoms with Gasteiger partial charge in [0.2, 0.25) is 0 Å². The van der Waals surface area contributed by atoms with Gasteiger partial charge < -0.3 is 9.84 Å². The first-order chi connectivity index (χ1) is 17.0. The number of benzene rings is 4. The zero-order chi connectivity index (χ0) is 24.8. The van der Waals surface area contributed by atoms with E-state index in [0.717, 1.165) is 16.7 Å². The highest BCUT2D eigenvalue weighted by molar-refractivity contribution is 6.09. The molecule has 0 saturated carbocycles. The van der Waals surface area contributed by atoms with Gasteiger partial charge >= 0.3 is 0 Å². The number of rotatable bonds is 8. The third-order valence-electron chi connectivity index (χ3n) is 5.70. The van der Waals surface area contributed by atoms with Gasteiger partial charge in [0.05, 0.1) is 17.6 Å². The van der Waals surface area contributed by atoms with Gasteiger partial charge in [-0.2, -0.15) is 0 Å². The van der Waals surface area contributed by atoms with Gasteiger partial charge in [-0.05, 0) is 28.8 Å². The van der Waals surface area contributed by atoms with Gasteiger partial charge in [-0.3, -0.25) is 14.9 Å². The second kappa shape index (κ2) is 10.5. The summed E-state index contributed by atoms with van der Waals surface area (Å²) in [5.41, 5.74) is 3.30. The topological polar surface area (TPSA) is 89.7 Å². The molecule has 0 heterocycles. The van der Waals surface area contributed by atoms with E-state index in [1.807, 2.05) is 60.7 Å². The number of phenolic OH excluding ortho intramolecular Hbond substituents is 1. The number of non-ortho nitro benzene ring substituents is 1. The summed E-state index contributed by atoms with van der Waals surface area (Å²) in [5, 5.41) is 21.7. The minimum absolute atomic E-state index is 0.0669. The van der Waals surface area contributed by atoms with E-state index in [2.05, 4.69) is 0 Å². The van der Waals surface area contributed by atoms with Crippen LogP contribution in [0.25, 0.3) is 6.08 Å². The first-order valence-corrected chi connectivity index (χ1v) is 11.0. The molecule has 35 heavy (non-hydrogen) atoms. The summed E-state index contributed by atoms with van der Waals surface area (Å²) in [7, 11) is 1.52. The molecule has 0 aliphatic rings. The molecule has 4 aromatic carbocycles. The zero-order valence-corrected chi connectivity index (χ0v) is 19.0. The van der Waals surface area contributed by atoms with Crippen molar-refractivity contribution >= 4 is 17.5 Å². The standard InChI is InChI=1S/C29H23NO5/c1-35-28-19-27(32)24(26(31)16-15-20-9-8-14-23(17-20)30(33)34)18-25(28)29(21-10-4-2-5-11-21)22-12-6-3-7-13-22/h2-19,29,32H,1H3/b16-15+. The van der Waals surface area contributed by atoms with Crippen LogP contribution < -0.4 is 4.74 Å². The average Bonchev–Trinajstić information content (AvgIpc) is 2.89. The Morgan fingerprint density at radius 1 is 0.914 bits per heavy atom. The van der Waals surface area contributed by atoms with Crippen LogP contribution in [-0.2, 0) is 0 Å². The highest BCUT2D eigenvalue weighted by Gasteiger charge is 2.24. The number of methoxy groups -OCH3 is 1. The molecule has 6 heteroatoms. The smallest absolute Gasteiger partial charge is 0.270 e. The number of nitro benzene ring substituents is 1. The molecule has 0 fully saturated rings. The quantitative estimate of drug-likeness (QED) is 0.107. The second-order valence-corrected chi connectivity index (χ2v) is 7.92. The van der Waals surface area contributed by atoms with Crippen LogP contribution >= 0.6 is 0 Å². The molecule has 0 bridgehead atoms. The minimum atomic E-state index is -0.492. The fraction of sp³-hybridized carbons (Fsp3) is 0.0690. The molecule has 0 unspecified atom stereocenters. The molecule has 0 aliphatic heterocycles. The van der Waals surface area contributed by atoms with Gasteiger partial charge in [0.15, 0.2) is 5.78 Å². The van der Waals surface area contributed by atoms with Gasteiger partial charge in [-0.1, -0.05) is 78.9 Å². The zero-order valence-electron chi connectivity index (χ0n) is 19.0. The van der Waals surface area contributed by atoms with E-state index in [9.17, 15) is 20.0 Å². The molecule has 1 N–H and O–H groups in total. The Bertz CT molecular complexity index is 1340. The maximum atomic E-state index is 13.1. The van der Waals surface area contributed by atoms with Crippen molar-refractivity contribution < 1.29 is 19.6 Å². The lowest BCUT2D eigenvalue weighted by Gasteiger charge is -2.22. The lowest BCUT2D eigenvalue weighted by molar-refractivity contribution is -0.384. The van der Waals surface area contributed by atoms with Gasteiger partial charge in [-0.15, -0.1) is 0 Å². The van der Waals surface area contributed by atoms with Gasteiger partial charge in [-0.25, -0.2) is 0 Å². The van der Waals surface area contributed by atoms with Crippen LogP contribution in [0.5, 0.6) is 11.5 Å². The minimum Gasteiger partial charge on any atom is -0.507 e. The van der Waals surface area contributed by atoms with Crippen LogP contribution in [0.4, 0.5) is 5.69 Å². The Morgan fingerprint density at radius 3 is 2.11 bits per heavy atom. The molecular formula is C29H23NO5. The maximum Gasteiger partial charge on any atom is 0.270 e. The summed E-state index contributed by atoms with van der Waals surface area (Å²) in [6.07, 6.45) is 2.79. The summed E-state index contributed by atoms with van der Waals surface area (Å²) in [4.78, 5) is 23.6. The maximum absolute atomic E-state index is 13.1. The Morgan fingerprint density at radius 2 is 1.54 bits per heavy atom. The molecular weight excluding hydrogens is 442 g/mol. The molecule has 4 rings (SSSR count). The van der Waals surface area contributed by atoms with Crippen molar-refractivity contribution in [3.63, 3.8) is 0 Å². The van der Waals surface area contributed by atoms with Crippen LogP contribution in [0.1, 0.15) is 38.5 Å². The number of phenols is 1. The Labute approximate surface area is 202 Å². The summed E-state index contributed by atoms with van der Waals surface area (Å²) in [6.45, 7) is 0. The highest BCUT2D eigenvalue weighted by Crippen LogP contribution is 2.40. The van der Waals surface area contributed by atoms with Crippen molar-refractivity contribution in [2.45, 2.75) is 5.92 Å². The average molecular weight is 466 g/mol. The number of nitro groups is 1. The van der Waals surface area contributed by atoms with Crippen molar-refractivity contribution in [2.75, 3.05) is 7.11 Å². The largest absolute Gasteiger partial charge is 0.507 e. The van der Waals surface area contributed by atoms with Crippen LogP contribution in [0.15, 0.2) is 103 Å². The van der Waals surface area contributed by atoms with E-state index >= 15 is 0 Å². The van der Waals surface area contributed by atoms with E-state index in [-0.39, 0.29) is 22.9 Å². The van der Waals surface area contributed by atoms with Crippen LogP contribution in [0, 0.1) is 10.1 Å². The number of nitrogens with zero attached hydrogens (tertiary/aromatic N) is 1. The normalized spacial score (nSPS) is 11.0. The molecule has 4 aromatic rings. The molecule has 0 amide bonds. The number of allylic oxidation sites excluding steroid dienone is 1. The molecule has 6 nitrogen and oxygen atoms in total. The van der Waals surface area contributed by atoms with Crippen molar-refractivity contribution in [2.24, 2.45) is 0 Å². The van der Waals surface area contributed by atoms with E-state index < -0.39 is 10.7 Å². The van der Waals surface area contributed by atoms with E-state index in [1.165, 1.54) is 37.5 Å². The summed E-state index contributed by atoms with van der Waals surface area (Å²) < 4.78 is 5.60. The number of carbonyl (C=O) groups is 1. The van der Waals surface area contributed by atoms with Crippen molar-refractivity contribution in [3.8, 4) is 11.5 Å². The molecule has 0 saturated heterocycles. The van der Waals surface area contributed by atoms with Crippen molar-refractivity contribution in [1.29, 1.82) is 0 Å². The lowest BCUT2D eigenvalue weighted by atomic mass is 9.83. The first kappa shape index (κ1) is 23.4. The molecule has 0 atom stereocenters. The molecule has 174 valence electrons. The van der Waals surface area contributed by atoms with E-state index in [1.54, 1.807) is 18.2 Å². The van der Waals surface area contributed by atoms with Crippen molar-refractivity contribution in [1.82, 2.24) is 0 Å². The van der Waals surface area contributed by atoms with E-state index in [0.29, 0.717) is 11.3 Å². The summed E-state index contributed by atoms with van der Waals surface area (Å²) in [5.74, 6) is -0.420. The predicted octanol–water partition coefficient (Wildman–Crippen LogP) is 6.39. The van der Waals surface area contributed by atoms with E-state index in [4.69, 9.17) is 4.74 Å². The summed E-state index contributed by atoms with van der Waals surface area (Å²) >= 11 is 0. The highest BCUT2D eigenvalue weighted by atomic mass is 16.6. The fourth-order valence-corrected chi connectivity index (χ4v) is 4.03. The Hall–Kier alpha value is -4.71. The molecule has 0 radical (unpaired) electrons. The fourth-order valence-electron chi connectivity index (χ4n) is 4.03. The van der Waals surface area contributed by atoms with Crippen molar-refractivity contribution in [3.05, 3.63) is 141 Å². The van der Waals surface area contributed by atoms with Gasteiger partial charge in [0, 0.05) is 29.7 Å². The third kappa shape index (κ3) is 5.28. The predicted molar refractivity (Wildman–Crippen MR) is 135 cm³/mol. The molecule has 0 aliphatic carbocycles. The first-order valence-electron chi connectivity index (χ1n) is 11.0. The molecule has 0 spiro atoms. The Balaban J connectivity index is 1.78. The number of aromatic hydroxyl groups is 1. The number of hydrogen-bond acceptors (Lipinski definition) is 5. The summed E-state index contributed by atoms with van der Waals surface area (Å²) in [6, 6.07) is 28.8. The molecule has 0 aromatic heterocycles.